The molecule has 0 spiro atoms. The zero-order chi connectivity index (χ0) is 12.6. The standard InChI is InChI=1S/C9H13N3O4S/c1-11-7(15)3-10-12(9(11)16)8-2-5(14)6(4-13)17-8/h3,5-6,8,13-14H,2,4H2,1H3/t5-,6+,8+/m0/s1. The van der Waals surface area contributed by atoms with Gasteiger partial charge >= 0.3 is 5.69 Å². The molecule has 1 aromatic heterocycles. The molecule has 1 aliphatic rings. The molecule has 3 atom stereocenters. The van der Waals surface area contributed by atoms with Crippen LogP contribution in [0.3, 0.4) is 0 Å². The molecule has 0 amide bonds. The normalized spacial score (nSPS) is 28.5. The minimum atomic E-state index is -0.666. The summed E-state index contributed by atoms with van der Waals surface area (Å²) in [5.74, 6) is 0. The van der Waals surface area contributed by atoms with Crippen molar-refractivity contribution in [3.05, 3.63) is 27.0 Å². The summed E-state index contributed by atoms with van der Waals surface area (Å²) in [6.07, 6.45) is 0.739. The van der Waals surface area contributed by atoms with E-state index in [2.05, 4.69) is 5.10 Å². The van der Waals surface area contributed by atoms with E-state index in [-0.39, 0.29) is 17.2 Å². The Morgan fingerprint density at radius 1 is 1.59 bits per heavy atom. The molecule has 2 rings (SSSR count). The highest BCUT2D eigenvalue weighted by molar-refractivity contribution is 8.00. The minimum Gasteiger partial charge on any atom is -0.395 e. The van der Waals surface area contributed by atoms with Crippen LogP contribution < -0.4 is 11.2 Å². The Morgan fingerprint density at radius 3 is 2.88 bits per heavy atom. The quantitative estimate of drug-likeness (QED) is 0.657. The zero-order valence-corrected chi connectivity index (χ0v) is 10.0. The fourth-order valence-corrected chi connectivity index (χ4v) is 3.07. The van der Waals surface area contributed by atoms with Crippen LogP contribution in [-0.2, 0) is 7.05 Å². The van der Waals surface area contributed by atoms with Crippen molar-refractivity contribution in [2.75, 3.05) is 6.61 Å². The molecule has 7 nitrogen and oxygen atoms in total. The first-order valence-electron chi connectivity index (χ1n) is 5.14. The van der Waals surface area contributed by atoms with E-state index in [1.807, 2.05) is 0 Å². The van der Waals surface area contributed by atoms with Crippen LogP contribution in [0.5, 0.6) is 0 Å². The lowest BCUT2D eigenvalue weighted by molar-refractivity contribution is 0.136. The molecule has 2 heterocycles. The topological polar surface area (TPSA) is 97.3 Å². The average Bonchev–Trinajstić information content (AvgIpc) is 2.67. The molecule has 1 saturated heterocycles. The molecule has 1 aliphatic heterocycles. The molecule has 0 unspecified atom stereocenters. The van der Waals surface area contributed by atoms with E-state index < -0.39 is 17.4 Å². The summed E-state index contributed by atoms with van der Waals surface area (Å²) in [6.45, 7) is -0.150. The third-order valence-electron chi connectivity index (χ3n) is 2.76. The first-order valence-corrected chi connectivity index (χ1v) is 6.08. The Balaban J connectivity index is 2.34. The van der Waals surface area contributed by atoms with Gasteiger partial charge in [-0.3, -0.25) is 9.36 Å². The SMILES string of the molecule is Cn1c(=O)cnn([C@H]2C[C@H](O)[C@@H](CO)S2)c1=O. The van der Waals surface area contributed by atoms with Gasteiger partial charge in [-0.1, -0.05) is 0 Å². The molecule has 0 aromatic carbocycles. The van der Waals surface area contributed by atoms with E-state index in [1.165, 1.54) is 23.5 Å². The number of aromatic nitrogens is 3. The predicted octanol–water partition coefficient (Wildman–Crippen LogP) is -1.70. The van der Waals surface area contributed by atoms with Gasteiger partial charge in [0.05, 0.1) is 18.0 Å². The van der Waals surface area contributed by atoms with Crippen molar-refractivity contribution in [1.29, 1.82) is 0 Å². The van der Waals surface area contributed by atoms with Crippen molar-refractivity contribution in [1.82, 2.24) is 14.3 Å². The maximum atomic E-state index is 11.8. The maximum absolute atomic E-state index is 11.8. The van der Waals surface area contributed by atoms with E-state index in [1.54, 1.807) is 0 Å². The van der Waals surface area contributed by atoms with Crippen molar-refractivity contribution in [2.45, 2.75) is 23.1 Å². The molecule has 2 N–H and O–H groups in total. The fourth-order valence-electron chi connectivity index (χ4n) is 1.72. The average molecular weight is 259 g/mol. The lowest BCUT2D eigenvalue weighted by atomic mass is 10.2. The van der Waals surface area contributed by atoms with Crippen molar-refractivity contribution < 1.29 is 10.2 Å². The van der Waals surface area contributed by atoms with Crippen LogP contribution in [0, 0.1) is 0 Å². The van der Waals surface area contributed by atoms with E-state index in [9.17, 15) is 14.7 Å². The summed E-state index contributed by atoms with van der Waals surface area (Å²) >= 11 is 1.29. The van der Waals surface area contributed by atoms with Crippen molar-refractivity contribution in [3.8, 4) is 0 Å². The monoisotopic (exact) mass is 259 g/mol. The number of nitrogens with zero attached hydrogens (tertiary/aromatic N) is 3. The van der Waals surface area contributed by atoms with E-state index in [4.69, 9.17) is 5.11 Å². The highest BCUT2D eigenvalue weighted by Gasteiger charge is 2.35. The Hall–Kier alpha value is -1.12. The fraction of sp³-hybridized carbons (Fsp3) is 0.667. The predicted molar refractivity (Wildman–Crippen MR) is 61.9 cm³/mol. The molecule has 0 saturated carbocycles. The van der Waals surface area contributed by atoms with Gasteiger partial charge in [-0.2, -0.15) is 5.10 Å². The van der Waals surface area contributed by atoms with Gasteiger partial charge in [0.2, 0.25) is 0 Å². The third-order valence-corrected chi connectivity index (χ3v) is 4.28. The van der Waals surface area contributed by atoms with Gasteiger partial charge in [0.1, 0.15) is 11.6 Å². The first kappa shape index (κ1) is 12.3. The van der Waals surface area contributed by atoms with E-state index >= 15 is 0 Å². The van der Waals surface area contributed by atoms with Crippen LogP contribution in [0.15, 0.2) is 15.8 Å². The molecule has 1 aromatic rings. The Morgan fingerprint density at radius 2 is 2.29 bits per heavy atom. The lowest BCUT2D eigenvalue weighted by Gasteiger charge is -2.11. The molecular formula is C9H13N3O4S. The van der Waals surface area contributed by atoms with Crippen LogP contribution in [0.1, 0.15) is 11.8 Å². The second-order valence-corrected chi connectivity index (χ2v) is 5.31. The Bertz CT molecular complexity index is 526. The third kappa shape index (κ3) is 2.15. The van der Waals surface area contributed by atoms with Crippen LogP contribution in [0.25, 0.3) is 0 Å². The first-order chi connectivity index (χ1) is 8.04. The van der Waals surface area contributed by atoms with Gasteiger partial charge in [-0.05, 0) is 0 Å². The summed E-state index contributed by atoms with van der Waals surface area (Å²) in [5.41, 5.74) is -0.978. The zero-order valence-electron chi connectivity index (χ0n) is 9.18. The smallest absolute Gasteiger partial charge is 0.348 e. The molecule has 17 heavy (non-hydrogen) atoms. The van der Waals surface area contributed by atoms with Gasteiger partial charge in [-0.15, -0.1) is 11.8 Å². The molecule has 8 heteroatoms. The van der Waals surface area contributed by atoms with Gasteiger partial charge < -0.3 is 10.2 Å². The molecule has 0 aliphatic carbocycles. The highest BCUT2D eigenvalue weighted by atomic mass is 32.2. The number of aliphatic hydroxyl groups excluding tert-OH is 2. The van der Waals surface area contributed by atoms with Crippen LogP contribution >= 0.6 is 11.8 Å². The molecule has 0 bridgehead atoms. The molecular weight excluding hydrogens is 246 g/mol. The van der Waals surface area contributed by atoms with Gasteiger partial charge in [-0.25, -0.2) is 9.48 Å². The van der Waals surface area contributed by atoms with E-state index in [0.29, 0.717) is 6.42 Å². The second kappa shape index (κ2) is 4.63. The number of aliphatic hydroxyl groups is 2. The van der Waals surface area contributed by atoms with E-state index in [0.717, 1.165) is 10.8 Å². The van der Waals surface area contributed by atoms with Gasteiger partial charge in [0.25, 0.3) is 5.56 Å². The van der Waals surface area contributed by atoms with Gasteiger partial charge in [0, 0.05) is 13.5 Å². The Labute approximate surface area is 101 Å². The second-order valence-electron chi connectivity index (χ2n) is 3.88. The van der Waals surface area contributed by atoms with Crippen molar-refractivity contribution in [2.24, 2.45) is 7.05 Å². The molecule has 1 fully saturated rings. The number of hydrogen-bond acceptors (Lipinski definition) is 6. The lowest BCUT2D eigenvalue weighted by Crippen LogP contribution is -2.39. The minimum absolute atomic E-state index is 0.150. The van der Waals surface area contributed by atoms with Crippen LogP contribution in [0.2, 0.25) is 0 Å². The summed E-state index contributed by atoms with van der Waals surface area (Å²) in [7, 11) is 1.38. The molecule has 94 valence electrons. The summed E-state index contributed by atoms with van der Waals surface area (Å²) < 4.78 is 2.14. The largest absolute Gasteiger partial charge is 0.395 e. The van der Waals surface area contributed by atoms with Gasteiger partial charge in [0.15, 0.2) is 0 Å². The number of hydrogen-bond donors (Lipinski definition) is 2. The highest BCUT2D eigenvalue weighted by Crippen LogP contribution is 2.39. The van der Waals surface area contributed by atoms with Crippen LogP contribution in [0.4, 0.5) is 0 Å². The number of thioether (sulfide) groups is 1. The van der Waals surface area contributed by atoms with Crippen LogP contribution in [-0.4, -0.2) is 42.5 Å². The molecule has 0 radical (unpaired) electrons. The van der Waals surface area contributed by atoms with Crippen molar-refractivity contribution in [3.63, 3.8) is 0 Å². The summed E-state index contributed by atoms with van der Waals surface area (Å²) in [6, 6.07) is 0. The summed E-state index contributed by atoms with van der Waals surface area (Å²) in [5, 5.41) is 21.8. The summed E-state index contributed by atoms with van der Waals surface area (Å²) in [4.78, 5) is 23.0. The van der Waals surface area contributed by atoms with Crippen molar-refractivity contribution >= 4 is 11.8 Å². The maximum Gasteiger partial charge on any atom is 0.348 e. The number of rotatable bonds is 2. The Kier molecular flexibility index (Phi) is 3.36.